The van der Waals surface area contributed by atoms with Crippen molar-refractivity contribution in [2.24, 2.45) is 5.92 Å². The average molecular weight is 708 g/mol. The van der Waals surface area contributed by atoms with Gasteiger partial charge in [0, 0.05) is 22.6 Å². The van der Waals surface area contributed by atoms with E-state index in [1.165, 1.54) is 84.7 Å². The SMILES string of the molecule is C1=CCCC(C2(c3ccccc3)c3ccccc3C3Nc4ccccc4N3c3ccc(C4=CC(c5nc6ccccc6c6c5C=CC5CC65)CC=C4)cc32)=C1. The van der Waals surface area contributed by atoms with Crippen LogP contribution < -0.4 is 10.2 Å². The molecule has 5 unspecified atom stereocenters. The van der Waals surface area contributed by atoms with Gasteiger partial charge in [0.05, 0.1) is 28.0 Å². The summed E-state index contributed by atoms with van der Waals surface area (Å²) in [5, 5.41) is 5.30. The van der Waals surface area contributed by atoms with Gasteiger partial charge in [0.2, 0.25) is 0 Å². The highest BCUT2D eigenvalue weighted by Gasteiger charge is 2.49. The van der Waals surface area contributed by atoms with Crippen molar-refractivity contribution in [2.45, 2.75) is 49.1 Å². The van der Waals surface area contributed by atoms with E-state index in [0.29, 0.717) is 11.8 Å². The molecule has 5 atom stereocenters. The molecule has 264 valence electrons. The molecule has 12 rings (SSSR count). The van der Waals surface area contributed by atoms with Crippen LogP contribution in [0, 0.1) is 5.92 Å². The second-order valence-electron chi connectivity index (χ2n) is 16.1. The summed E-state index contributed by atoms with van der Waals surface area (Å²) in [5.41, 5.74) is 17.6. The standard InChI is InChI=1S/C52H41N3/c1-3-16-37(17-4-1)52(38-18-5-2-6-19-38)43-22-9-7-20-39(43)51-54-46-24-11-12-25-48(46)55(51)47-29-27-34(32-44(47)52)33-14-13-15-36(30-33)50-41-28-26-35-31-42(35)49(41)40-21-8-10-23-45(40)53-50/h1-5,7-14,16-18,20-30,32,35-36,42,51,54H,6,15,19,31H2. The zero-order valence-electron chi connectivity index (χ0n) is 30.7. The number of para-hydroxylation sites is 3. The maximum Gasteiger partial charge on any atom is 0.130 e. The quantitative estimate of drug-likeness (QED) is 0.198. The van der Waals surface area contributed by atoms with Gasteiger partial charge in [0.25, 0.3) is 0 Å². The first kappa shape index (κ1) is 31.2. The monoisotopic (exact) mass is 707 g/mol. The molecule has 1 aromatic heterocycles. The van der Waals surface area contributed by atoms with E-state index in [2.05, 4.69) is 180 Å². The Morgan fingerprint density at radius 1 is 0.764 bits per heavy atom. The number of pyridine rings is 1. The topological polar surface area (TPSA) is 28.2 Å². The van der Waals surface area contributed by atoms with E-state index in [1.807, 2.05) is 0 Å². The Hall–Kier alpha value is -6.19. The van der Waals surface area contributed by atoms with E-state index in [1.54, 1.807) is 0 Å². The number of anilines is 3. The van der Waals surface area contributed by atoms with Crippen LogP contribution in [0.3, 0.4) is 0 Å². The number of allylic oxidation sites excluding steroid dienone is 9. The van der Waals surface area contributed by atoms with Crippen molar-refractivity contribution in [1.29, 1.82) is 0 Å². The molecule has 0 radical (unpaired) electrons. The number of hydrogen-bond donors (Lipinski definition) is 1. The van der Waals surface area contributed by atoms with Gasteiger partial charge >= 0.3 is 0 Å². The van der Waals surface area contributed by atoms with E-state index < -0.39 is 5.41 Å². The Labute approximate surface area is 322 Å². The molecule has 0 amide bonds. The number of rotatable bonds is 4. The summed E-state index contributed by atoms with van der Waals surface area (Å²) in [6, 6.07) is 45.4. The van der Waals surface area contributed by atoms with Crippen molar-refractivity contribution in [3.05, 3.63) is 214 Å². The van der Waals surface area contributed by atoms with Crippen LogP contribution in [0.15, 0.2) is 169 Å². The van der Waals surface area contributed by atoms with Crippen LogP contribution >= 0.6 is 0 Å². The number of nitrogens with one attached hydrogen (secondary N) is 1. The fourth-order valence-electron chi connectivity index (χ4n) is 10.7. The van der Waals surface area contributed by atoms with Crippen LogP contribution in [-0.2, 0) is 5.41 Å². The lowest BCUT2D eigenvalue weighted by Crippen LogP contribution is -2.33. The molecular weight excluding hydrogens is 667 g/mol. The zero-order valence-corrected chi connectivity index (χ0v) is 30.7. The molecule has 0 saturated heterocycles. The maximum absolute atomic E-state index is 5.43. The Morgan fingerprint density at radius 3 is 2.55 bits per heavy atom. The first-order valence-electron chi connectivity index (χ1n) is 20.1. The van der Waals surface area contributed by atoms with Gasteiger partial charge in [0.1, 0.15) is 6.17 Å². The van der Waals surface area contributed by atoms with Crippen molar-refractivity contribution in [3.8, 4) is 0 Å². The van der Waals surface area contributed by atoms with Gasteiger partial charge in [-0.15, -0.1) is 0 Å². The third-order valence-electron chi connectivity index (χ3n) is 13.2. The molecule has 0 spiro atoms. The first-order valence-corrected chi connectivity index (χ1v) is 20.1. The van der Waals surface area contributed by atoms with Crippen LogP contribution in [0.25, 0.3) is 22.6 Å². The summed E-state index contributed by atoms with van der Waals surface area (Å²) in [7, 11) is 0. The van der Waals surface area contributed by atoms with Gasteiger partial charge in [-0.2, -0.15) is 0 Å². The summed E-state index contributed by atoms with van der Waals surface area (Å²) in [5.74, 6) is 1.51. The lowest BCUT2D eigenvalue weighted by atomic mass is 9.61. The van der Waals surface area contributed by atoms with E-state index in [4.69, 9.17) is 4.98 Å². The fraction of sp³-hybridized carbons (Fsp3) is 0.173. The van der Waals surface area contributed by atoms with Crippen molar-refractivity contribution in [2.75, 3.05) is 10.2 Å². The van der Waals surface area contributed by atoms with Crippen molar-refractivity contribution in [1.82, 2.24) is 4.98 Å². The summed E-state index contributed by atoms with van der Waals surface area (Å²) in [6.45, 7) is 0. The number of nitrogens with zero attached hydrogens (tertiary/aromatic N) is 2. The minimum Gasteiger partial charge on any atom is -0.359 e. The lowest BCUT2D eigenvalue weighted by Gasteiger charge is -2.40. The molecule has 3 heterocycles. The molecule has 55 heavy (non-hydrogen) atoms. The molecule has 0 bridgehead atoms. The summed E-state index contributed by atoms with van der Waals surface area (Å²) in [6.07, 6.45) is 23.3. The predicted octanol–water partition coefficient (Wildman–Crippen LogP) is 12.7. The van der Waals surface area contributed by atoms with Gasteiger partial charge in [-0.05, 0) is 107 Å². The molecule has 1 saturated carbocycles. The van der Waals surface area contributed by atoms with Crippen molar-refractivity contribution >= 4 is 39.6 Å². The number of hydrogen-bond acceptors (Lipinski definition) is 3. The second-order valence-corrected chi connectivity index (χ2v) is 16.1. The molecule has 1 fully saturated rings. The number of aromatic nitrogens is 1. The largest absolute Gasteiger partial charge is 0.359 e. The summed E-state index contributed by atoms with van der Waals surface area (Å²) in [4.78, 5) is 7.99. The highest BCUT2D eigenvalue weighted by atomic mass is 15.3. The van der Waals surface area contributed by atoms with E-state index >= 15 is 0 Å². The number of benzene rings is 5. The van der Waals surface area contributed by atoms with Crippen molar-refractivity contribution in [3.63, 3.8) is 0 Å². The van der Waals surface area contributed by atoms with Crippen molar-refractivity contribution < 1.29 is 0 Å². The summed E-state index contributed by atoms with van der Waals surface area (Å²) >= 11 is 0. The number of fused-ring (bicyclic) bond motifs is 12. The molecule has 5 aromatic carbocycles. The molecule has 3 heteroatoms. The minimum atomic E-state index is -0.502. The first-order chi connectivity index (χ1) is 27.3. The molecule has 1 N–H and O–H groups in total. The van der Waals surface area contributed by atoms with E-state index in [9.17, 15) is 0 Å². The van der Waals surface area contributed by atoms with E-state index in [0.717, 1.165) is 24.8 Å². The fourth-order valence-corrected chi connectivity index (χ4v) is 10.7. The van der Waals surface area contributed by atoms with Crippen LogP contribution in [0.2, 0.25) is 0 Å². The van der Waals surface area contributed by atoms with Gasteiger partial charge in [0.15, 0.2) is 0 Å². The highest BCUT2D eigenvalue weighted by molar-refractivity contribution is 5.91. The predicted molar refractivity (Wildman–Crippen MR) is 227 cm³/mol. The van der Waals surface area contributed by atoms with Crippen LogP contribution in [-0.4, -0.2) is 4.98 Å². The Kier molecular flexibility index (Phi) is 6.75. The Morgan fingerprint density at radius 2 is 1.62 bits per heavy atom. The Balaban J connectivity index is 1.10. The third kappa shape index (κ3) is 4.53. The minimum absolute atomic E-state index is 0.0361. The van der Waals surface area contributed by atoms with Crippen LogP contribution in [0.1, 0.15) is 88.3 Å². The van der Waals surface area contributed by atoms with Crippen LogP contribution in [0.4, 0.5) is 17.1 Å². The normalized spacial score (nSPS) is 25.0. The molecule has 4 aliphatic carbocycles. The van der Waals surface area contributed by atoms with Crippen LogP contribution in [0.5, 0.6) is 0 Å². The lowest BCUT2D eigenvalue weighted by molar-refractivity contribution is 0.674. The van der Waals surface area contributed by atoms with Gasteiger partial charge in [-0.3, -0.25) is 4.98 Å². The zero-order chi connectivity index (χ0) is 36.1. The second kappa shape index (κ2) is 11.9. The Bertz CT molecular complexity index is 2730. The van der Waals surface area contributed by atoms with Gasteiger partial charge in [-0.1, -0.05) is 145 Å². The molecule has 6 aliphatic rings. The van der Waals surface area contributed by atoms with Gasteiger partial charge in [-0.25, -0.2) is 0 Å². The summed E-state index contributed by atoms with van der Waals surface area (Å²) < 4.78 is 0. The molecule has 3 nitrogen and oxygen atoms in total. The molecule has 2 aliphatic heterocycles. The van der Waals surface area contributed by atoms with E-state index in [-0.39, 0.29) is 12.1 Å². The molecular formula is C52H41N3. The smallest absolute Gasteiger partial charge is 0.130 e. The van der Waals surface area contributed by atoms with Gasteiger partial charge < -0.3 is 10.2 Å². The molecule has 6 aromatic rings. The average Bonchev–Trinajstić information content (AvgIpc) is 3.98. The highest BCUT2D eigenvalue weighted by Crippen LogP contribution is 2.60. The third-order valence-corrected chi connectivity index (χ3v) is 13.2. The maximum atomic E-state index is 5.43.